The number of piperidine rings is 1. The van der Waals surface area contributed by atoms with Crippen LogP contribution in [-0.4, -0.2) is 36.4 Å². The van der Waals surface area contributed by atoms with Gasteiger partial charge in [-0.05, 0) is 36.6 Å². The Morgan fingerprint density at radius 1 is 1.14 bits per heavy atom. The zero-order valence-corrected chi connectivity index (χ0v) is 16.5. The number of nitrogens with zero attached hydrogens (tertiary/aromatic N) is 1. The molecule has 3 N–H and O–H groups in total. The van der Waals surface area contributed by atoms with Crippen LogP contribution >= 0.6 is 0 Å². The Morgan fingerprint density at radius 2 is 1.97 bits per heavy atom. The number of likely N-dealkylation sites (tertiary alicyclic amines) is 1. The van der Waals surface area contributed by atoms with Gasteiger partial charge in [-0.2, -0.15) is 0 Å². The number of ether oxygens (including phenoxy) is 1. The molecular formula is C23H27N3O3. The smallest absolute Gasteiger partial charge is 0.231 e. The van der Waals surface area contributed by atoms with Crippen LogP contribution < -0.4 is 15.8 Å². The largest absolute Gasteiger partial charge is 0.492 e. The van der Waals surface area contributed by atoms with Crippen LogP contribution in [-0.2, 0) is 22.7 Å². The van der Waals surface area contributed by atoms with Gasteiger partial charge in [0.2, 0.25) is 11.8 Å². The molecule has 1 fully saturated rings. The van der Waals surface area contributed by atoms with Crippen LogP contribution in [0.5, 0.6) is 5.75 Å². The molecule has 0 bridgehead atoms. The molecule has 2 unspecified atom stereocenters. The minimum Gasteiger partial charge on any atom is -0.492 e. The summed E-state index contributed by atoms with van der Waals surface area (Å²) in [5, 5.41) is 3.04. The van der Waals surface area contributed by atoms with Crippen LogP contribution in [0.15, 0.2) is 48.5 Å². The number of hydrogen-bond donors (Lipinski definition) is 2. The molecule has 6 nitrogen and oxygen atoms in total. The van der Waals surface area contributed by atoms with Crippen molar-refractivity contribution in [2.24, 2.45) is 11.7 Å². The number of primary amides is 1. The van der Waals surface area contributed by atoms with Crippen LogP contribution in [0.2, 0.25) is 0 Å². The number of nitrogens with one attached hydrogen (secondary N) is 1. The maximum atomic E-state index is 12.6. The number of nitrogens with two attached hydrogens (primary N) is 1. The average Bonchev–Trinajstić information content (AvgIpc) is 3.17. The fraction of sp³-hybridized carbons (Fsp3) is 0.391. The molecule has 2 aromatic rings. The number of carbonyl (C=O) groups excluding carboxylic acids is 2. The second kappa shape index (κ2) is 8.66. The van der Waals surface area contributed by atoms with E-state index >= 15 is 0 Å². The summed E-state index contributed by atoms with van der Waals surface area (Å²) in [6.45, 7) is 3.36. The van der Waals surface area contributed by atoms with Crippen molar-refractivity contribution in [2.45, 2.75) is 31.8 Å². The highest BCUT2D eigenvalue weighted by molar-refractivity contribution is 5.85. The van der Waals surface area contributed by atoms with E-state index in [0.717, 1.165) is 49.4 Å². The van der Waals surface area contributed by atoms with Gasteiger partial charge in [-0.1, -0.05) is 42.5 Å². The molecule has 1 saturated heterocycles. The molecular weight excluding hydrogens is 366 g/mol. The summed E-state index contributed by atoms with van der Waals surface area (Å²) in [5.41, 5.74) is 8.67. The Morgan fingerprint density at radius 3 is 2.83 bits per heavy atom. The Kier molecular flexibility index (Phi) is 5.81. The summed E-state index contributed by atoms with van der Waals surface area (Å²) in [5.74, 6) is 0.269. The van der Waals surface area contributed by atoms with Crippen molar-refractivity contribution in [3.05, 3.63) is 65.2 Å². The third kappa shape index (κ3) is 4.59. The molecule has 0 aliphatic carbocycles. The predicted octanol–water partition coefficient (Wildman–Crippen LogP) is 2.18. The molecule has 29 heavy (non-hydrogen) atoms. The van der Waals surface area contributed by atoms with Crippen molar-refractivity contribution in [1.82, 2.24) is 10.2 Å². The molecule has 2 heterocycles. The van der Waals surface area contributed by atoms with Crippen LogP contribution in [0, 0.1) is 5.92 Å². The summed E-state index contributed by atoms with van der Waals surface area (Å²) in [4.78, 5) is 26.4. The zero-order chi connectivity index (χ0) is 20.2. The van der Waals surface area contributed by atoms with E-state index in [1.165, 1.54) is 5.56 Å². The van der Waals surface area contributed by atoms with Gasteiger partial charge in [0.15, 0.2) is 0 Å². The Labute approximate surface area is 171 Å². The molecule has 2 atom stereocenters. The van der Waals surface area contributed by atoms with Gasteiger partial charge >= 0.3 is 0 Å². The van der Waals surface area contributed by atoms with Crippen LogP contribution in [0.25, 0.3) is 0 Å². The lowest BCUT2D eigenvalue weighted by Gasteiger charge is -2.31. The van der Waals surface area contributed by atoms with E-state index in [-0.39, 0.29) is 23.7 Å². The number of rotatable bonds is 6. The first-order chi connectivity index (χ1) is 14.1. The summed E-state index contributed by atoms with van der Waals surface area (Å²) in [7, 11) is 0. The molecule has 0 spiro atoms. The number of para-hydroxylation sites is 1. The van der Waals surface area contributed by atoms with Gasteiger partial charge in [0.05, 0.1) is 5.92 Å². The van der Waals surface area contributed by atoms with Gasteiger partial charge < -0.3 is 15.8 Å². The maximum Gasteiger partial charge on any atom is 0.231 e. The fourth-order valence-electron chi connectivity index (χ4n) is 4.22. The first-order valence-electron chi connectivity index (χ1n) is 10.2. The summed E-state index contributed by atoms with van der Waals surface area (Å²) in [6, 6.07) is 15.9. The molecule has 2 aliphatic rings. The normalized spacial score (nSPS) is 21.2. The van der Waals surface area contributed by atoms with Crippen LogP contribution in [0.4, 0.5) is 0 Å². The molecule has 0 saturated carbocycles. The molecule has 2 aliphatic heterocycles. The standard InChI is InChI=1S/C23H27N3O3/c24-22(27)18-7-4-10-26(14-18)13-17-6-3-5-16(11-17)12-25-23(28)20-15-29-21-9-2-1-8-19(20)21/h1-3,5-6,8-9,11,18,20H,4,7,10,12-15H2,(H2,24,27)(H,25,28). The first kappa shape index (κ1) is 19.5. The highest BCUT2D eigenvalue weighted by Crippen LogP contribution is 2.33. The van der Waals surface area contributed by atoms with Gasteiger partial charge in [-0.15, -0.1) is 0 Å². The van der Waals surface area contributed by atoms with Gasteiger partial charge in [-0.3, -0.25) is 14.5 Å². The third-order valence-corrected chi connectivity index (χ3v) is 5.79. The monoisotopic (exact) mass is 393 g/mol. The van der Waals surface area contributed by atoms with Crippen LogP contribution in [0.1, 0.15) is 35.4 Å². The van der Waals surface area contributed by atoms with E-state index in [1.54, 1.807) is 0 Å². The third-order valence-electron chi connectivity index (χ3n) is 5.79. The van der Waals surface area contributed by atoms with E-state index in [0.29, 0.717) is 13.2 Å². The fourth-order valence-corrected chi connectivity index (χ4v) is 4.22. The summed E-state index contributed by atoms with van der Waals surface area (Å²) < 4.78 is 5.61. The van der Waals surface area contributed by atoms with Crippen LogP contribution in [0.3, 0.4) is 0 Å². The molecule has 6 heteroatoms. The van der Waals surface area contributed by atoms with E-state index < -0.39 is 0 Å². The van der Waals surface area contributed by atoms with E-state index in [2.05, 4.69) is 22.3 Å². The summed E-state index contributed by atoms with van der Waals surface area (Å²) >= 11 is 0. The number of hydrogen-bond acceptors (Lipinski definition) is 4. The van der Waals surface area contributed by atoms with E-state index in [4.69, 9.17) is 10.5 Å². The minimum absolute atomic E-state index is 0.0133. The van der Waals surface area contributed by atoms with E-state index in [1.807, 2.05) is 36.4 Å². The second-order valence-corrected chi connectivity index (χ2v) is 7.92. The maximum absolute atomic E-state index is 12.6. The molecule has 2 aromatic carbocycles. The van der Waals surface area contributed by atoms with Crippen molar-refractivity contribution < 1.29 is 14.3 Å². The first-order valence-corrected chi connectivity index (χ1v) is 10.2. The molecule has 0 radical (unpaired) electrons. The lowest BCUT2D eigenvalue weighted by molar-refractivity contribution is -0.124. The Bertz CT molecular complexity index is 898. The SMILES string of the molecule is NC(=O)C1CCCN(Cc2cccc(CNC(=O)C3COc4ccccc43)c2)C1. The van der Waals surface area contributed by atoms with Gasteiger partial charge in [0.25, 0.3) is 0 Å². The molecule has 2 amide bonds. The van der Waals surface area contributed by atoms with Crippen molar-refractivity contribution >= 4 is 11.8 Å². The topological polar surface area (TPSA) is 84.7 Å². The molecule has 152 valence electrons. The number of amides is 2. The highest BCUT2D eigenvalue weighted by atomic mass is 16.5. The Balaban J connectivity index is 1.33. The molecule has 4 rings (SSSR count). The van der Waals surface area contributed by atoms with Gasteiger partial charge in [-0.25, -0.2) is 0 Å². The average molecular weight is 393 g/mol. The number of carbonyl (C=O) groups is 2. The lowest BCUT2D eigenvalue weighted by atomic mass is 9.97. The van der Waals surface area contributed by atoms with Crippen molar-refractivity contribution in [3.63, 3.8) is 0 Å². The quantitative estimate of drug-likeness (QED) is 0.788. The number of fused-ring (bicyclic) bond motifs is 1. The highest BCUT2D eigenvalue weighted by Gasteiger charge is 2.29. The predicted molar refractivity (Wildman–Crippen MR) is 110 cm³/mol. The second-order valence-electron chi connectivity index (χ2n) is 7.92. The van der Waals surface area contributed by atoms with E-state index in [9.17, 15) is 9.59 Å². The van der Waals surface area contributed by atoms with Gasteiger partial charge in [0.1, 0.15) is 18.3 Å². The molecule has 0 aromatic heterocycles. The zero-order valence-electron chi connectivity index (χ0n) is 16.5. The lowest BCUT2D eigenvalue weighted by Crippen LogP contribution is -2.40. The Hall–Kier alpha value is -2.86. The van der Waals surface area contributed by atoms with Crippen molar-refractivity contribution in [3.8, 4) is 5.75 Å². The summed E-state index contributed by atoms with van der Waals surface area (Å²) in [6.07, 6.45) is 1.88. The minimum atomic E-state index is -0.256. The number of benzene rings is 2. The van der Waals surface area contributed by atoms with Gasteiger partial charge in [0, 0.05) is 25.2 Å². The van der Waals surface area contributed by atoms with Crippen molar-refractivity contribution in [1.29, 1.82) is 0 Å². The van der Waals surface area contributed by atoms with Crippen molar-refractivity contribution in [2.75, 3.05) is 19.7 Å².